The minimum absolute atomic E-state index is 0.295. The van der Waals surface area contributed by atoms with Gasteiger partial charge in [0.1, 0.15) is 36.5 Å². The van der Waals surface area contributed by atoms with E-state index >= 15 is 0 Å². The molecule has 1 aromatic carbocycles. The van der Waals surface area contributed by atoms with Crippen LogP contribution in [0.25, 0.3) is 0 Å². The van der Waals surface area contributed by atoms with Crippen molar-refractivity contribution in [3.8, 4) is 11.5 Å². The van der Waals surface area contributed by atoms with Crippen LogP contribution in [-0.4, -0.2) is 11.9 Å². The molecule has 6 heteroatoms. The zero-order chi connectivity index (χ0) is 17.9. The van der Waals surface area contributed by atoms with Gasteiger partial charge in [0.25, 0.3) is 0 Å². The highest BCUT2D eigenvalue weighted by Gasteiger charge is 2.00. The average Bonchev–Trinajstić information content (AvgIpc) is 2.56. The van der Waals surface area contributed by atoms with Crippen LogP contribution in [0.5, 0.6) is 11.5 Å². The summed E-state index contributed by atoms with van der Waals surface area (Å²) >= 11 is 0. The summed E-state index contributed by atoms with van der Waals surface area (Å²) in [4.78, 5) is 22.2. The zero-order valence-corrected chi connectivity index (χ0v) is 13.5. The van der Waals surface area contributed by atoms with E-state index in [9.17, 15) is 9.59 Å². The molecule has 0 saturated carbocycles. The Kier molecular flexibility index (Phi) is 7.57. The Bertz CT molecular complexity index is 608. The lowest BCUT2D eigenvalue weighted by Gasteiger charge is -2.03. The summed E-state index contributed by atoms with van der Waals surface area (Å²) in [5.74, 6) is -0.0270. The summed E-state index contributed by atoms with van der Waals surface area (Å²) in [5.41, 5.74) is 0.589. The molecule has 0 bridgehead atoms. The van der Waals surface area contributed by atoms with Gasteiger partial charge in [0.2, 0.25) is 0 Å². The maximum Gasteiger partial charge on any atom is 0.338 e. The molecule has 0 atom stereocenters. The second-order valence-corrected chi connectivity index (χ2v) is 4.62. The van der Waals surface area contributed by atoms with Crippen molar-refractivity contribution < 1.29 is 28.5 Å². The molecule has 0 N–H and O–H groups in total. The summed E-state index contributed by atoms with van der Waals surface area (Å²) in [6.07, 6.45) is 4.71. The summed E-state index contributed by atoms with van der Waals surface area (Å²) in [5, 5.41) is 0. The van der Waals surface area contributed by atoms with E-state index in [0.29, 0.717) is 22.6 Å². The molecule has 0 heterocycles. The van der Waals surface area contributed by atoms with E-state index in [2.05, 4.69) is 13.2 Å². The first-order chi connectivity index (χ1) is 11.4. The van der Waals surface area contributed by atoms with E-state index in [1.165, 1.54) is 12.5 Å². The van der Waals surface area contributed by atoms with Gasteiger partial charge in [0.15, 0.2) is 0 Å². The normalized spacial score (nSPS) is 10.4. The number of hydrogen-bond acceptors (Lipinski definition) is 6. The number of ether oxygens (including phenoxy) is 4. The van der Waals surface area contributed by atoms with E-state index in [-0.39, 0.29) is 0 Å². The lowest BCUT2D eigenvalue weighted by atomic mass is 10.3. The van der Waals surface area contributed by atoms with Crippen molar-refractivity contribution in [1.82, 2.24) is 0 Å². The van der Waals surface area contributed by atoms with Crippen LogP contribution in [0.4, 0.5) is 0 Å². The maximum atomic E-state index is 11.1. The number of esters is 2. The van der Waals surface area contributed by atoms with Crippen LogP contribution >= 0.6 is 0 Å². The molecular formula is C18H18O6. The third-order valence-electron chi connectivity index (χ3n) is 2.39. The van der Waals surface area contributed by atoms with Crippen LogP contribution in [0.15, 0.2) is 73.6 Å². The molecule has 0 saturated heterocycles. The number of benzene rings is 1. The second-order valence-electron chi connectivity index (χ2n) is 4.62. The first-order valence-electron chi connectivity index (χ1n) is 6.86. The Morgan fingerprint density at radius 1 is 0.750 bits per heavy atom. The Hall–Kier alpha value is -3.28. The molecule has 0 unspecified atom stereocenters. The molecule has 126 valence electrons. The average molecular weight is 330 g/mol. The van der Waals surface area contributed by atoms with Gasteiger partial charge in [-0.2, -0.15) is 0 Å². The summed E-state index contributed by atoms with van der Waals surface area (Å²) < 4.78 is 19.9. The van der Waals surface area contributed by atoms with Gasteiger partial charge in [-0.05, 0) is 38.1 Å². The van der Waals surface area contributed by atoms with Gasteiger partial charge in [-0.1, -0.05) is 13.2 Å². The first kappa shape index (κ1) is 18.8. The van der Waals surface area contributed by atoms with Crippen LogP contribution in [0.3, 0.4) is 0 Å². The topological polar surface area (TPSA) is 71.1 Å². The number of hydrogen-bond donors (Lipinski definition) is 0. The fourth-order valence-corrected chi connectivity index (χ4v) is 1.19. The van der Waals surface area contributed by atoms with Crippen LogP contribution in [0, 0.1) is 0 Å². The summed E-state index contributed by atoms with van der Waals surface area (Å²) in [7, 11) is 0. The molecule has 6 nitrogen and oxygen atoms in total. The smallest absolute Gasteiger partial charge is 0.338 e. The molecule has 1 rings (SSSR count). The van der Waals surface area contributed by atoms with Gasteiger partial charge in [0.05, 0.1) is 0 Å². The number of rotatable bonds is 8. The van der Waals surface area contributed by atoms with Crippen molar-refractivity contribution in [1.29, 1.82) is 0 Å². The standard InChI is InChI=1S/C18H18O6/c1-13(2)17(19)23-11-9-21-15-5-7-16(8-6-15)22-10-12-24-18(20)14(3)4/h5-12H,1,3H2,2,4H3/b11-9-,12-10-. The van der Waals surface area contributed by atoms with Crippen molar-refractivity contribution >= 4 is 11.9 Å². The lowest BCUT2D eigenvalue weighted by molar-refractivity contribution is -0.134. The largest absolute Gasteiger partial charge is 0.462 e. The predicted octanol–water partition coefficient (Wildman–Crippen LogP) is 3.63. The van der Waals surface area contributed by atoms with Crippen molar-refractivity contribution in [2.24, 2.45) is 0 Å². The van der Waals surface area contributed by atoms with Crippen LogP contribution in [0.2, 0.25) is 0 Å². The van der Waals surface area contributed by atoms with Crippen LogP contribution in [-0.2, 0) is 19.1 Å². The van der Waals surface area contributed by atoms with Crippen molar-refractivity contribution in [2.75, 3.05) is 0 Å². The fraction of sp³-hybridized carbons (Fsp3) is 0.111. The molecule has 0 aliphatic rings. The van der Waals surface area contributed by atoms with Crippen molar-refractivity contribution in [2.45, 2.75) is 13.8 Å². The van der Waals surface area contributed by atoms with Crippen LogP contribution in [0.1, 0.15) is 13.8 Å². The molecule has 0 aliphatic heterocycles. The van der Waals surface area contributed by atoms with Gasteiger partial charge < -0.3 is 18.9 Å². The summed E-state index contributed by atoms with van der Waals surface area (Å²) in [6.45, 7) is 9.99. The van der Waals surface area contributed by atoms with Crippen molar-refractivity contribution in [3.63, 3.8) is 0 Å². The zero-order valence-electron chi connectivity index (χ0n) is 13.5. The molecule has 0 spiro atoms. The Morgan fingerprint density at radius 2 is 1.08 bits per heavy atom. The van der Waals surface area contributed by atoms with Crippen LogP contribution < -0.4 is 9.47 Å². The van der Waals surface area contributed by atoms with Gasteiger partial charge >= 0.3 is 11.9 Å². The second kappa shape index (κ2) is 9.68. The quantitative estimate of drug-likeness (QED) is 0.412. The Balaban J connectivity index is 2.40. The van der Waals surface area contributed by atoms with E-state index in [1.54, 1.807) is 38.1 Å². The SMILES string of the molecule is C=C(C)C(=O)O/C=C\Oc1ccc(O/C=C\OC(=O)C(=C)C)cc1. The summed E-state index contributed by atoms with van der Waals surface area (Å²) in [6, 6.07) is 6.59. The minimum Gasteiger partial charge on any atom is -0.462 e. The van der Waals surface area contributed by atoms with E-state index < -0.39 is 11.9 Å². The van der Waals surface area contributed by atoms with E-state index in [1.807, 2.05) is 0 Å². The third-order valence-corrected chi connectivity index (χ3v) is 2.39. The highest BCUT2D eigenvalue weighted by atomic mass is 16.5. The Labute approximate surface area is 140 Å². The van der Waals surface area contributed by atoms with Gasteiger partial charge in [0, 0.05) is 11.1 Å². The Morgan fingerprint density at radius 3 is 1.38 bits per heavy atom. The molecule has 1 aromatic rings. The molecule has 0 amide bonds. The molecule has 0 aromatic heterocycles. The number of carbonyl (C=O) groups excluding carboxylic acids is 2. The lowest BCUT2D eigenvalue weighted by Crippen LogP contribution is -1.99. The molecule has 0 radical (unpaired) electrons. The fourth-order valence-electron chi connectivity index (χ4n) is 1.19. The molecular weight excluding hydrogens is 312 g/mol. The molecule has 24 heavy (non-hydrogen) atoms. The third kappa shape index (κ3) is 7.13. The van der Waals surface area contributed by atoms with Crippen molar-refractivity contribution in [3.05, 3.63) is 73.6 Å². The predicted molar refractivity (Wildman–Crippen MR) is 87.8 cm³/mol. The maximum absolute atomic E-state index is 11.1. The van der Waals surface area contributed by atoms with Gasteiger partial charge in [-0.3, -0.25) is 0 Å². The van der Waals surface area contributed by atoms with E-state index in [0.717, 1.165) is 12.5 Å². The molecule has 0 fully saturated rings. The monoisotopic (exact) mass is 330 g/mol. The minimum atomic E-state index is -0.530. The number of carbonyl (C=O) groups is 2. The highest BCUT2D eigenvalue weighted by Crippen LogP contribution is 2.18. The highest BCUT2D eigenvalue weighted by molar-refractivity contribution is 5.87. The van der Waals surface area contributed by atoms with Gasteiger partial charge in [-0.15, -0.1) is 0 Å². The first-order valence-corrected chi connectivity index (χ1v) is 6.86. The van der Waals surface area contributed by atoms with E-state index in [4.69, 9.17) is 18.9 Å². The van der Waals surface area contributed by atoms with Gasteiger partial charge in [-0.25, -0.2) is 9.59 Å². The molecule has 0 aliphatic carbocycles.